The molecule has 0 aromatic rings. The van der Waals surface area contributed by atoms with E-state index in [1.165, 1.54) is 0 Å². The molecule has 26 valence electrons. The Kier molecular flexibility index (Phi) is 20.0. The van der Waals surface area contributed by atoms with Crippen molar-refractivity contribution in [3.63, 3.8) is 0 Å². The van der Waals surface area contributed by atoms with Crippen molar-refractivity contribution in [3.8, 4) is 0 Å². The Morgan fingerprint density at radius 3 is 1.25 bits per heavy atom. The summed E-state index contributed by atoms with van der Waals surface area (Å²) in [5, 5.41) is 0. The fraction of sp³-hybridized carbons (Fsp3) is 0. The summed E-state index contributed by atoms with van der Waals surface area (Å²) in [6.07, 6.45) is 0. The van der Waals surface area contributed by atoms with Gasteiger partial charge in [0.15, 0.2) is 0 Å². The van der Waals surface area contributed by atoms with Crippen LogP contribution < -0.4 is 0 Å². The minimum atomic E-state index is -2.25. The molecule has 0 aliphatic rings. The molecule has 0 spiro atoms. The van der Waals surface area contributed by atoms with Crippen LogP contribution in [0.2, 0.25) is 0 Å². The van der Waals surface area contributed by atoms with Gasteiger partial charge in [0.2, 0.25) is 0 Å². The van der Waals surface area contributed by atoms with E-state index >= 15 is 0 Å². The topological polar surface area (TPSA) is 34.1 Å². The second-order valence-electron chi connectivity index (χ2n) is 0.0680. The van der Waals surface area contributed by atoms with Gasteiger partial charge in [-0.05, 0) is 0 Å². The second-order valence-corrected chi connectivity index (χ2v) is 0.597. The van der Waals surface area contributed by atoms with Crippen molar-refractivity contribution in [2.24, 2.45) is 0 Å². The summed E-state index contributed by atoms with van der Waals surface area (Å²) in [5.41, 5.74) is 0. The number of rotatable bonds is 0. The third-order valence-corrected chi connectivity index (χ3v) is 0. The molecule has 0 atom stereocenters. The van der Waals surface area contributed by atoms with Crippen LogP contribution >= 0.6 is 0 Å². The fourth-order valence-corrected chi connectivity index (χ4v) is 0. The summed E-state index contributed by atoms with van der Waals surface area (Å²) in [6, 6.07) is 0. The van der Waals surface area contributed by atoms with Crippen LogP contribution in [0.1, 0.15) is 0 Å². The maximum atomic E-state index is 8.54. The Balaban J connectivity index is 0. The normalized spacial score (nSPS) is 3.00. The zero-order chi connectivity index (χ0) is 2.71. The van der Waals surface area contributed by atoms with E-state index in [1.54, 1.807) is 0 Å². The molecule has 0 aromatic carbocycles. The van der Waals surface area contributed by atoms with Gasteiger partial charge in [0.25, 0.3) is 0 Å². The molecule has 0 bridgehead atoms. The molecule has 0 aromatic heterocycles. The molecule has 0 rings (SSSR count). The predicted octanol–water partition coefficient (Wildman–Crippen LogP) is -1.53. The molecule has 0 aliphatic carbocycles. The molecular formula is H2O2Po2. The van der Waals surface area contributed by atoms with E-state index < -0.39 is 23.6 Å². The number of hydrogen-bond acceptors (Lipinski definition) is 2. The maximum absolute atomic E-state index is 8.54. The molecule has 0 radical (unpaired) electrons. The van der Waals surface area contributed by atoms with Crippen LogP contribution in [0.4, 0.5) is 0 Å². The third-order valence-electron chi connectivity index (χ3n) is 0. The summed E-state index contributed by atoms with van der Waals surface area (Å²) >= 11 is -2.25. The van der Waals surface area contributed by atoms with E-state index in [2.05, 4.69) is 0 Å². The van der Waals surface area contributed by atoms with Crippen molar-refractivity contribution >= 4 is 50.1 Å². The third kappa shape index (κ3) is 10.0. The summed E-state index contributed by atoms with van der Waals surface area (Å²) in [5.74, 6) is 0. The van der Waals surface area contributed by atoms with Gasteiger partial charge in [0.1, 0.15) is 0 Å². The van der Waals surface area contributed by atoms with E-state index in [0.29, 0.717) is 0 Å². The zero-order valence-corrected chi connectivity index (χ0v) is 8.79. The van der Waals surface area contributed by atoms with Gasteiger partial charge >= 0.3 is 55.7 Å². The first kappa shape index (κ1) is 9.04. The average molecular weight is 452 g/mol. The fourth-order valence-electron chi connectivity index (χ4n) is 0. The first-order valence-corrected chi connectivity index (χ1v) is 2.92. The minimum absolute atomic E-state index is 0. The van der Waals surface area contributed by atoms with Gasteiger partial charge in [-0.15, -0.1) is 0 Å². The van der Waals surface area contributed by atoms with Gasteiger partial charge in [-0.3, -0.25) is 0 Å². The summed E-state index contributed by atoms with van der Waals surface area (Å²) in [7, 11) is 0. The van der Waals surface area contributed by atoms with Gasteiger partial charge in [-0.1, -0.05) is 0 Å². The van der Waals surface area contributed by atoms with Crippen molar-refractivity contribution in [2.75, 3.05) is 0 Å². The van der Waals surface area contributed by atoms with Crippen LogP contribution in [0.3, 0.4) is 0 Å². The Hall–Kier alpha value is 1.39. The SMILES string of the molecule is [O]=[Po]=[O].[PoH2]. The molecule has 4 heavy (non-hydrogen) atoms. The Labute approximate surface area is 55.1 Å². The predicted molar refractivity (Wildman–Crippen MR) is 15.7 cm³/mol. The van der Waals surface area contributed by atoms with Gasteiger partial charge in [-0.2, -0.15) is 0 Å². The van der Waals surface area contributed by atoms with E-state index in [0.717, 1.165) is 0 Å². The first-order chi connectivity index (χ1) is 1.41. The van der Waals surface area contributed by atoms with Crippen LogP contribution in [-0.2, 0) is 5.54 Å². The van der Waals surface area contributed by atoms with E-state index in [9.17, 15) is 0 Å². The van der Waals surface area contributed by atoms with Crippen molar-refractivity contribution < 1.29 is 5.54 Å². The standard InChI is InChI=1S/2O.2Po.2H. The van der Waals surface area contributed by atoms with Crippen LogP contribution in [0.25, 0.3) is 0 Å². The molecule has 4 heteroatoms. The van der Waals surface area contributed by atoms with E-state index in [-0.39, 0.29) is 26.6 Å². The molecule has 0 saturated carbocycles. The van der Waals surface area contributed by atoms with Crippen molar-refractivity contribution in [1.29, 1.82) is 0 Å². The molecule has 0 N–H and O–H groups in total. The van der Waals surface area contributed by atoms with Crippen molar-refractivity contribution in [1.82, 2.24) is 0 Å². The van der Waals surface area contributed by atoms with Gasteiger partial charge in [0, 0.05) is 0 Å². The van der Waals surface area contributed by atoms with Gasteiger partial charge in [0.05, 0.1) is 0 Å². The van der Waals surface area contributed by atoms with E-state index in [1.807, 2.05) is 0 Å². The monoisotopic (exact) mass is 452 g/mol. The average Bonchev–Trinajstić information content (AvgIpc) is 0.918. The van der Waals surface area contributed by atoms with Crippen LogP contribution in [-0.4, -0.2) is 50.1 Å². The first-order valence-electron chi connectivity index (χ1n) is 0.333. The van der Waals surface area contributed by atoms with Crippen LogP contribution in [0.15, 0.2) is 0 Å². The van der Waals surface area contributed by atoms with Gasteiger partial charge < -0.3 is 0 Å². The number of hydrogen-bond donors (Lipinski definition) is 0. The van der Waals surface area contributed by atoms with Crippen LogP contribution in [0, 0.1) is 0 Å². The Morgan fingerprint density at radius 1 is 1.25 bits per heavy atom. The van der Waals surface area contributed by atoms with Gasteiger partial charge in [-0.25, -0.2) is 0 Å². The van der Waals surface area contributed by atoms with Crippen molar-refractivity contribution in [2.45, 2.75) is 0 Å². The molecule has 0 aliphatic heterocycles. The van der Waals surface area contributed by atoms with Crippen LogP contribution in [0.5, 0.6) is 0 Å². The summed E-state index contributed by atoms with van der Waals surface area (Å²) in [4.78, 5) is 0. The molecule has 0 unspecified atom stereocenters. The summed E-state index contributed by atoms with van der Waals surface area (Å²) in [6.45, 7) is 0. The van der Waals surface area contributed by atoms with E-state index in [4.69, 9.17) is 5.54 Å². The molecule has 0 saturated heterocycles. The quantitative estimate of drug-likeness (QED) is 0.447. The van der Waals surface area contributed by atoms with Crippen molar-refractivity contribution in [3.05, 3.63) is 0 Å². The second kappa shape index (κ2) is 8.83. The Bertz CT molecular complexity index is 25.0. The summed E-state index contributed by atoms with van der Waals surface area (Å²) < 4.78 is 17.1. The molecule has 2 nitrogen and oxygen atoms in total. The molecular weight excluding hydrogens is 450 g/mol. The molecule has 0 fully saturated rings. The molecule has 0 amide bonds. The zero-order valence-electron chi connectivity index (χ0n) is 1.72. The Morgan fingerprint density at radius 2 is 1.25 bits per heavy atom. The molecule has 0 heterocycles.